The van der Waals surface area contributed by atoms with Crippen molar-refractivity contribution in [2.75, 3.05) is 6.61 Å². The van der Waals surface area contributed by atoms with Gasteiger partial charge in [0.15, 0.2) is 0 Å². The van der Waals surface area contributed by atoms with Crippen LogP contribution in [0.25, 0.3) is 12.2 Å². The summed E-state index contributed by atoms with van der Waals surface area (Å²) >= 11 is 0. The van der Waals surface area contributed by atoms with Crippen LogP contribution in [0.2, 0.25) is 0 Å². The van der Waals surface area contributed by atoms with Crippen LogP contribution < -0.4 is 4.74 Å². The quantitative estimate of drug-likeness (QED) is 0.503. The van der Waals surface area contributed by atoms with Crippen molar-refractivity contribution < 1.29 is 4.74 Å². The lowest BCUT2D eigenvalue weighted by Crippen LogP contribution is -1.97. The number of rotatable bonds is 10. The zero-order valence-electron chi connectivity index (χ0n) is 14.1. The molecule has 23 heavy (non-hydrogen) atoms. The molecule has 1 aromatic heterocycles. The molecule has 0 N–H and O–H groups in total. The summed E-state index contributed by atoms with van der Waals surface area (Å²) in [4.78, 5) is 4.02. The number of benzene rings is 1. The van der Waals surface area contributed by atoms with Gasteiger partial charge in [0.05, 0.1) is 6.61 Å². The third kappa shape index (κ3) is 7.14. The molecule has 2 aromatic rings. The summed E-state index contributed by atoms with van der Waals surface area (Å²) in [6.45, 7) is 3.07. The van der Waals surface area contributed by atoms with Gasteiger partial charge in [-0.3, -0.25) is 4.98 Å². The van der Waals surface area contributed by atoms with Crippen LogP contribution in [0.1, 0.15) is 56.6 Å². The minimum absolute atomic E-state index is 0.818. The Hall–Kier alpha value is -2.09. The van der Waals surface area contributed by atoms with E-state index in [1.807, 2.05) is 24.3 Å². The second-order valence-electron chi connectivity index (χ2n) is 5.80. The zero-order chi connectivity index (χ0) is 16.2. The Bertz CT molecular complexity index is 560. The van der Waals surface area contributed by atoms with Crippen LogP contribution in [0, 0.1) is 0 Å². The van der Waals surface area contributed by atoms with Crippen LogP contribution in [0.3, 0.4) is 0 Å². The van der Waals surface area contributed by atoms with Gasteiger partial charge < -0.3 is 4.74 Å². The van der Waals surface area contributed by atoms with Gasteiger partial charge in [0.25, 0.3) is 0 Å². The Morgan fingerprint density at radius 1 is 0.783 bits per heavy atom. The number of hydrogen-bond donors (Lipinski definition) is 0. The molecular weight excluding hydrogens is 282 g/mol. The molecular formula is C21H27NO. The maximum Gasteiger partial charge on any atom is 0.119 e. The maximum absolute atomic E-state index is 5.80. The molecule has 1 heterocycles. The molecule has 0 aliphatic heterocycles. The Balaban J connectivity index is 1.69. The summed E-state index contributed by atoms with van der Waals surface area (Å²) in [6.07, 6.45) is 15.6. The van der Waals surface area contributed by atoms with E-state index in [-0.39, 0.29) is 0 Å². The maximum atomic E-state index is 5.80. The van der Waals surface area contributed by atoms with Gasteiger partial charge in [-0.15, -0.1) is 0 Å². The van der Waals surface area contributed by atoms with Gasteiger partial charge in [0.1, 0.15) is 5.75 Å². The smallest absolute Gasteiger partial charge is 0.119 e. The van der Waals surface area contributed by atoms with Gasteiger partial charge in [-0.2, -0.15) is 0 Å². The lowest BCUT2D eigenvalue weighted by atomic mass is 10.1. The van der Waals surface area contributed by atoms with Crippen LogP contribution in [0.4, 0.5) is 0 Å². The van der Waals surface area contributed by atoms with E-state index in [1.54, 1.807) is 12.4 Å². The molecule has 0 saturated carbocycles. The number of nitrogens with zero attached hydrogens (tertiary/aromatic N) is 1. The monoisotopic (exact) mass is 309 g/mol. The summed E-state index contributed by atoms with van der Waals surface area (Å²) in [5.74, 6) is 0.958. The highest BCUT2D eigenvalue weighted by atomic mass is 16.5. The fourth-order valence-electron chi connectivity index (χ4n) is 2.41. The molecule has 0 atom stereocenters. The van der Waals surface area contributed by atoms with Crippen molar-refractivity contribution in [2.45, 2.75) is 45.4 Å². The number of unbranched alkanes of at least 4 members (excludes halogenated alkanes) is 5. The average Bonchev–Trinajstić information content (AvgIpc) is 2.61. The molecule has 0 amide bonds. The summed E-state index contributed by atoms with van der Waals surface area (Å²) in [6, 6.07) is 12.3. The number of aromatic nitrogens is 1. The van der Waals surface area contributed by atoms with E-state index in [9.17, 15) is 0 Å². The molecule has 122 valence electrons. The van der Waals surface area contributed by atoms with Gasteiger partial charge in [0.2, 0.25) is 0 Å². The Morgan fingerprint density at radius 3 is 2.09 bits per heavy atom. The standard InChI is InChI=1S/C21H27NO/c1-2-3-4-5-6-7-18-23-21-12-10-19(11-13-21)8-9-20-14-16-22-17-15-20/h8-17H,2-7,18H2,1H3/b9-8+. The first kappa shape index (κ1) is 17.3. The fraction of sp³-hybridized carbons (Fsp3) is 0.381. The number of hydrogen-bond acceptors (Lipinski definition) is 2. The number of ether oxygens (including phenoxy) is 1. The lowest BCUT2D eigenvalue weighted by Gasteiger charge is -2.06. The SMILES string of the molecule is CCCCCCCCOc1ccc(/C=C/c2ccncc2)cc1. The van der Waals surface area contributed by atoms with Crippen molar-refractivity contribution in [1.82, 2.24) is 4.98 Å². The first-order valence-corrected chi connectivity index (χ1v) is 8.69. The molecule has 2 heteroatoms. The molecule has 0 aliphatic rings. The lowest BCUT2D eigenvalue weighted by molar-refractivity contribution is 0.304. The third-order valence-corrected chi connectivity index (χ3v) is 3.82. The van der Waals surface area contributed by atoms with Crippen molar-refractivity contribution in [3.8, 4) is 5.75 Å². The minimum Gasteiger partial charge on any atom is -0.494 e. The highest BCUT2D eigenvalue weighted by Gasteiger charge is 1.95. The number of pyridine rings is 1. The van der Waals surface area contributed by atoms with Crippen LogP contribution in [-0.4, -0.2) is 11.6 Å². The second kappa shape index (κ2) is 10.6. The first-order valence-electron chi connectivity index (χ1n) is 8.69. The van der Waals surface area contributed by atoms with Gasteiger partial charge in [0, 0.05) is 12.4 Å². The zero-order valence-corrected chi connectivity index (χ0v) is 14.1. The van der Waals surface area contributed by atoms with E-state index in [4.69, 9.17) is 4.74 Å². The second-order valence-corrected chi connectivity index (χ2v) is 5.80. The van der Waals surface area contributed by atoms with Crippen LogP contribution in [-0.2, 0) is 0 Å². The van der Waals surface area contributed by atoms with Crippen molar-refractivity contribution in [3.63, 3.8) is 0 Å². The van der Waals surface area contributed by atoms with Crippen molar-refractivity contribution >= 4 is 12.2 Å². The molecule has 0 aliphatic carbocycles. The van der Waals surface area contributed by atoms with E-state index in [1.165, 1.54) is 37.7 Å². The predicted molar refractivity (Wildman–Crippen MR) is 98.5 cm³/mol. The Morgan fingerprint density at radius 2 is 1.39 bits per heavy atom. The van der Waals surface area contributed by atoms with E-state index < -0.39 is 0 Å². The topological polar surface area (TPSA) is 22.1 Å². The average molecular weight is 309 g/mol. The third-order valence-electron chi connectivity index (χ3n) is 3.82. The van der Waals surface area contributed by atoms with E-state index in [2.05, 4.69) is 36.2 Å². The normalized spacial score (nSPS) is 11.0. The van der Waals surface area contributed by atoms with Crippen LogP contribution >= 0.6 is 0 Å². The summed E-state index contributed by atoms with van der Waals surface area (Å²) in [7, 11) is 0. The molecule has 0 unspecified atom stereocenters. The van der Waals surface area contributed by atoms with Gasteiger partial charge >= 0.3 is 0 Å². The minimum atomic E-state index is 0.818. The summed E-state index contributed by atoms with van der Waals surface area (Å²) < 4.78 is 5.80. The van der Waals surface area contributed by atoms with Crippen LogP contribution in [0.15, 0.2) is 48.8 Å². The first-order chi connectivity index (χ1) is 11.4. The van der Waals surface area contributed by atoms with Crippen LogP contribution in [0.5, 0.6) is 5.75 Å². The molecule has 0 saturated heterocycles. The fourth-order valence-corrected chi connectivity index (χ4v) is 2.41. The Labute approximate surface area is 140 Å². The molecule has 1 aromatic carbocycles. The highest BCUT2D eigenvalue weighted by Crippen LogP contribution is 2.15. The highest BCUT2D eigenvalue weighted by molar-refractivity contribution is 5.69. The summed E-state index contributed by atoms with van der Waals surface area (Å²) in [5, 5.41) is 0. The van der Waals surface area contributed by atoms with Crippen molar-refractivity contribution in [2.24, 2.45) is 0 Å². The molecule has 0 fully saturated rings. The van der Waals surface area contributed by atoms with E-state index >= 15 is 0 Å². The Kier molecular flexibility index (Phi) is 7.96. The molecule has 2 rings (SSSR count). The summed E-state index contributed by atoms with van der Waals surface area (Å²) in [5.41, 5.74) is 2.33. The van der Waals surface area contributed by atoms with E-state index in [0.29, 0.717) is 0 Å². The van der Waals surface area contributed by atoms with Crippen molar-refractivity contribution in [1.29, 1.82) is 0 Å². The molecule has 0 bridgehead atoms. The predicted octanol–water partition coefficient (Wildman–Crippen LogP) is 5.99. The van der Waals surface area contributed by atoms with E-state index in [0.717, 1.165) is 24.3 Å². The molecule has 0 radical (unpaired) electrons. The van der Waals surface area contributed by atoms with Crippen molar-refractivity contribution in [3.05, 3.63) is 59.9 Å². The van der Waals surface area contributed by atoms with Gasteiger partial charge in [-0.25, -0.2) is 0 Å². The largest absolute Gasteiger partial charge is 0.494 e. The molecule has 0 spiro atoms. The molecule has 2 nitrogen and oxygen atoms in total. The van der Waals surface area contributed by atoms with Gasteiger partial charge in [-0.1, -0.05) is 63.3 Å². The van der Waals surface area contributed by atoms with Gasteiger partial charge in [-0.05, 0) is 41.8 Å².